The van der Waals surface area contributed by atoms with Crippen LogP contribution in [-0.2, 0) is 23.8 Å². The molecule has 0 bridgehead atoms. The molecule has 0 aliphatic carbocycles. The van der Waals surface area contributed by atoms with Gasteiger partial charge in [0.05, 0.1) is 7.11 Å². The van der Waals surface area contributed by atoms with Crippen LogP contribution in [0.3, 0.4) is 0 Å². The van der Waals surface area contributed by atoms with Crippen LogP contribution in [0.1, 0.15) is 20.8 Å². The smallest absolute Gasteiger partial charge is 0.341 e. The highest BCUT2D eigenvalue weighted by Crippen LogP contribution is 2.30. The summed E-state index contributed by atoms with van der Waals surface area (Å²) in [6, 6.07) is 0. The van der Waals surface area contributed by atoms with Gasteiger partial charge in [0.1, 0.15) is 0 Å². The minimum atomic E-state index is -2.04. The molecular weight excluding hydrogens is 204 g/mol. The Balaban J connectivity index is 2.90. The molecule has 1 saturated heterocycles. The van der Waals surface area contributed by atoms with Gasteiger partial charge in [-0.3, -0.25) is 0 Å². The summed E-state index contributed by atoms with van der Waals surface area (Å²) in [5.74, 6) is -2.86. The Morgan fingerprint density at radius 2 is 2.13 bits per heavy atom. The molecule has 1 aliphatic rings. The van der Waals surface area contributed by atoms with Crippen LogP contribution in [0.25, 0.3) is 0 Å². The van der Waals surface area contributed by atoms with E-state index in [9.17, 15) is 14.7 Å². The monoisotopic (exact) mass is 218 g/mol. The molecule has 0 radical (unpaired) electrons. The number of rotatable bonds is 2. The van der Waals surface area contributed by atoms with Crippen molar-refractivity contribution >= 4 is 11.9 Å². The molecule has 1 heterocycles. The van der Waals surface area contributed by atoms with E-state index in [1.807, 2.05) is 0 Å². The number of esters is 2. The summed E-state index contributed by atoms with van der Waals surface area (Å²) in [5, 5.41) is 9.78. The SMILES string of the molecule is COC(=O)[C@@](C)(O)[C@@H]1OC(C)(C)OC1=O. The normalized spacial score (nSPS) is 28.1. The molecule has 0 aromatic carbocycles. The Bertz CT molecular complexity index is 293. The predicted molar refractivity (Wildman–Crippen MR) is 47.7 cm³/mol. The zero-order valence-electron chi connectivity index (χ0n) is 9.07. The Morgan fingerprint density at radius 1 is 1.60 bits per heavy atom. The first-order valence-electron chi connectivity index (χ1n) is 4.42. The molecule has 1 aliphatic heterocycles. The molecule has 0 aromatic heterocycles. The molecule has 6 heteroatoms. The third-order valence-electron chi connectivity index (χ3n) is 2.07. The van der Waals surface area contributed by atoms with E-state index in [-0.39, 0.29) is 0 Å². The standard InChI is InChI=1S/C9H14O6/c1-8(2)14-5(6(10)15-8)9(3,12)7(11)13-4/h5,12H,1-4H3/t5-,9+/m1/s1. The molecule has 15 heavy (non-hydrogen) atoms. The molecule has 1 N–H and O–H groups in total. The van der Waals surface area contributed by atoms with Gasteiger partial charge < -0.3 is 19.3 Å². The van der Waals surface area contributed by atoms with E-state index in [1.165, 1.54) is 13.8 Å². The van der Waals surface area contributed by atoms with Crippen LogP contribution in [0.15, 0.2) is 0 Å². The fourth-order valence-corrected chi connectivity index (χ4v) is 1.31. The predicted octanol–water partition coefficient (Wildman–Crippen LogP) is -0.412. The fourth-order valence-electron chi connectivity index (χ4n) is 1.31. The summed E-state index contributed by atoms with van der Waals surface area (Å²) in [6.07, 6.45) is -1.36. The van der Waals surface area contributed by atoms with Crippen LogP contribution >= 0.6 is 0 Å². The van der Waals surface area contributed by atoms with Gasteiger partial charge in [-0.2, -0.15) is 0 Å². The van der Waals surface area contributed by atoms with Crippen molar-refractivity contribution in [3.05, 3.63) is 0 Å². The largest absolute Gasteiger partial charge is 0.467 e. The highest BCUT2D eigenvalue weighted by molar-refractivity contribution is 5.89. The summed E-state index contributed by atoms with van der Waals surface area (Å²) in [5.41, 5.74) is -2.04. The lowest BCUT2D eigenvalue weighted by Gasteiger charge is -2.24. The van der Waals surface area contributed by atoms with Gasteiger partial charge in [0.15, 0.2) is 11.7 Å². The molecule has 1 rings (SSSR count). The van der Waals surface area contributed by atoms with E-state index in [2.05, 4.69) is 4.74 Å². The van der Waals surface area contributed by atoms with Crippen molar-refractivity contribution in [3.8, 4) is 0 Å². The maximum atomic E-state index is 11.3. The number of hydrogen-bond acceptors (Lipinski definition) is 6. The van der Waals surface area contributed by atoms with Crippen LogP contribution < -0.4 is 0 Å². The van der Waals surface area contributed by atoms with Crippen molar-refractivity contribution < 1.29 is 28.9 Å². The van der Waals surface area contributed by atoms with Crippen molar-refractivity contribution in [2.75, 3.05) is 7.11 Å². The molecule has 2 atom stereocenters. The van der Waals surface area contributed by atoms with Gasteiger partial charge in [-0.1, -0.05) is 0 Å². The average Bonchev–Trinajstić information content (AvgIpc) is 2.38. The lowest BCUT2D eigenvalue weighted by Crippen LogP contribution is -2.50. The van der Waals surface area contributed by atoms with Crippen LogP contribution in [0.2, 0.25) is 0 Å². The lowest BCUT2D eigenvalue weighted by atomic mass is 10.00. The number of carbonyl (C=O) groups is 2. The number of carbonyl (C=O) groups excluding carboxylic acids is 2. The molecule has 1 fully saturated rings. The number of cyclic esters (lactones) is 1. The Morgan fingerprint density at radius 3 is 2.47 bits per heavy atom. The zero-order chi connectivity index (χ0) is 11.9. The summed E-state index contributed by atoms with van der Waals surface area (Å²) in [4.78, 5) is 22.6. The molecular formula is C9H14O6. The third-order valence-corrected chi connectivity index (χ3v) is 2.07. The molecule has 0 saturated carbocycles. The summed E-state index contributed by atoms with van der Waals surface area (Å²) in [7, 11) is 1.11. The maximum Gasteiger partial charge on any atom is 0.341 e. The quantitative estimate of drug-likeness (QED) is 0.634. The van der Waals surface area contributed by atoms with Gasteiger partial charge in [-0.05, 0) is 6.92 Å². The third kappa shape index (κ3) is 2.10. The van der Waals surface area contributed by atoms with Crippen molar-refractivity contribution in [3.63, 3.8) is 0 Å². The topological polar surface area (TPSA) is 82.1 Å². The van der Waals surface area contributed by atoms with Gasteiger partial charge >= 0.3 is 11.9 Å². The number of methoxy groups -OCH3 is 1. The molecule has 0 spiro atoms. The van der Waals surface area contributed by atoms with E-state index >= 15 is 0 Å². The molecule has 0 amide bonds. The van der Waals surface area contributed by atoms with Crippen LogP contribution in [-0.4, -0.2) is 41.6 Å². The Labute approximate surface area is 87.1 Å². The fraction of sp³-hybridized carbons (Fsp3) is 0.778. The van der Waals surface area contributed by atoms with Gasteiger partial charge in [0, 0.05) is 13.8 Å². The zero-order valence-corrected chi connectivity index (χ0v) is 9.07. The minimum Gasteiger partial charge on any atom is -0.467 e. The summed E-state index contributed by atoms with van der Waals surface area (Å²) < 4.78 is 14.3. The van der Waals surface area contributed by atoms with E-state index < -0.39 is 29.4 Å². The van der Waals surface area contributed by atoms with E-state index in [0.717, 1.165) is 14.0 Å². The molecule has 0 aromatic rings. The number of ether oxygens (including phenoxy) is 3. The second kappa shape index (κ2) is 3.46. The van der Waals surface area contributed by atoms with E-state index in [1.54, 1.807) is 0 Å². The van der Waals surface area contributed by atoms with Gasteiger partial charge in [-0.25, -0.2) is 9.59 Å². The number of aliphatic hydroxyl groups is 1. The van der Waals surface area contributed by atoms with E-state index in [4.69, 9.17) is 9.47 Å². The van der Waals surface area contributed by atoms with Crippen molar-refractivity contribution in [2.24, 2.45) is 0 Å². The second-order valence-corrected chi connectivity index (χ2v) is 3.96. The van der Waals surface area contributed by atoms with Gasteiger partial charge in [-0.15, -0.1) is 0 Å². The lowest BCUT2D eigenvalue weighted by molar-refractivity contribution is -0.188. The molecule has 86 valence electrons. The first-order chi connectivity index (χ1) is 6.70. The number of hydrogen-bond donors (Lipinski definition) is 1. The van der Waals surface area contributed by atoms with Crippen LogP contribution in [0.4, 0.5) is 0 Å². The van der Waals surface area contributed by atoms with Crippen molar-refractivity contribution in [2.45, 2.75) is 38.3 Å². The Kier molecular flexibility index (Phi) is 2.75. The van der Waals surface area contributed by atoms with Crippen LogP contribution in [0.5, 0.6) is 0 Å². The van der Waals surface area contributed by atoms with E-state index in [0.29, 0.717) is 0 Å². The first-order valence-corrected chi connectivity index (χ1v) is 4.42. The first kappa shape index (κ1) is 11.9. The molecule has 0 unspecified atom stereocenters. The van der Waals surface area contributed by atoms with Gasteiger partial charge in [0.25, 0.3) is 0 Å². The van der Waals surface area contributed by atoms with Crippen LogP contribution in [0, 0.1) is 0 Å². The highest BCUT2D eigenvalue weighted by Gasteiger charge is 2.54. The maximum absolute atomic E-state index is 11.3. The Hall–Kier alpha value is -1.14. The second-order valence-electron chi connectivity index (χ2n) is 3.96. The molecule has 6 nitrogen and oxygen atoms in total. The van der Waals surface area contributed by atoms with Gasteiger partial charge in [0.2, 0.25) is 5.79 Å². The van der Waals surface area contributed by atoms with Crippen molar-refractivity contribution in [1.82, 2.24) is 0 Å². The summed E-state index contributed by atoms with van der Waals surface area (Å²) in [6.45, 7) is 4.17. The highest BCUT2D eigenvalue weighted by atomic mass is 16.8. The minimum absolute atomic E-state index is 0.782. The average molecular weight is 218 g/mol. The summed E-state index contributed by atoms with van der Waals surface area (Å²) >= 11 is 0. The van der Waals surface area contributed by atoms with Crippen molar-refractivity contribution in [1.29, 1.82) is 0 Å².